The zero-order valence-corrected chi connectivity index (χ0v) is 12.0. The monoisotopic (exact) mass is 320 g/mol. The molecule has 6 heteroatoms. The van der Waals surface area contributed by atoms with Gasteiger partial charge in [-0.05, 0) is 35.0 Å². The van der Waals surface area contributed by atoms with Crippen molar-refractivity contribution in [3.63, 3.8) is 0 Å². The SMILES string of the molecule is O=S(=O)(Oc1ccc2ccccc2c1)c1c(F)cccc1F. The second kappa shape index (κ2) is 5.38. The van der Waals surface area contributed by atoms with Crippen LogP contribution in [0.15, 0.2) is 65.6 Å². The molecule has 0 spiro atoms. The first-order chi connectivity index (χ1) is 10.5. The van der Waals surface area contributed by atoms with Gasteiger partial charge in [-0.25, -0.2) is 8.78 Å². The Balaban J connectivity index is 2.03. The van der Waals surface area contributed by atoms with Crippen molar-refractivity contribution in [3.8, 4) is 5.75 Å². The Kier molecular flexibility index (Phi) is 3.54. The van der Waals surface area contributed by atoms with Crippen LogP contribution in [0.2, 0.25) is 0 Å². The van der Waals surface area contributed by atoms with Gasteiger partial charge in [0.05, 0.1) is 0 Å². The Bertz CT molecular complexity index is 932. The predicted octanol–water partition coefficient (Wildman–Crippen LogP) is 3.89. The van der Waals surface area contributed by atoms with Gasteiger partial charge in [-0.1, -0.05) is 36.4 Å². The minimum Gasteiger partial charge on any atom is -0.379 e. The highest BCUT2D eigenvalue weighted by molar-refractivity contribution is 7.87. The number of halogens is 2. The molecule has 0 unspecified atom stereocenters. The minimum absolute atomic E-state index is 0.0126. The van der Waals surface area contributed by atoms with Crippen molar-refractivity contribution in [3.05, 3.63) is 72.3 Å². The molecule has 0 bridgehead atoms. The van der Waals surface area contributed by atoms with E-state index in [0.29, 0.717) is 0 Å². The number of hydrogen-bond donors (Lipinski definition) is 0. The maximum absolute atomic E-state index is 13.6. The van der Waals surface area contributed by atoms with E-state index in [2.05, 4.69) is 0 Å². The molecule has 0 N–H and O–H groups in total. The molecule has 0 aliphatic heterocycles. The number of hydrogen-bond acceptors (Lipinski definition) is 3. The molecule has 0 fully saturated rings. The fraction of sp³-hybridized carbons (Fsp3) is 0. The topological polar surface area (TPSA) is 43.4 Å². The van der Waals surface area contributed by atoms with Crippen molar-refractivity contribution in [2.24, 2.45) is 0 Å². The summed E-state index contributed by atoms with van der Waals surface area (Å²) in [6.45, 7) is 0. The first-order valence-corrected chi connectivity index (χ1v) is 7.75. The van der Waals surface area contributed by atoms with Gasteiger partial charge >= 0.3 is 10.1 Å². The van der Waals surface area contributed by atoms with Gasteiger partial charge in [-0.3, -0.25) is 0 Å². The maximum atomic E-state index is 13.6. The van der Waals surface area contributed by atoms with Crippen molar-refractivity contribution in [1.82, 2.24) is 0 Å². The summed E-state index contributed by atoms with van der Waals surface area (Å²) in [5, 5.41) is 1.65. The Hall–Kier alpha value is -2.47. The zero-order chi connectivity index (χ0) is 15.7. The van der Waals surface area contributed by atoms with Crippen LogP contribution in [0.4, 0.5) is 8.78 Å². The Labute approximate surface area is 125 Å². The molecule has 0 radical (unpaired) electrons. The summed E-state index contributed by atoms with van der Waals surface area (Å²) in [5.41, 5.74) is 0. The van der Waals surface area contributed by atoms with Crippen LogP contribution in [-0.2, 0) is 10.1 Å². The second-order valence-corrected chi connectivity index (χ2v) is 6.08. The Morgan fingerprint density at radius 1 is 0.773 bits per heavy atom. The largest absolute Gasteiger partial charge is 0.379 e. The molecule has 0 aromatic heterocycles. The first kappa shape index (κ1) is 14.5. The molecule has 0 saturated carbocycles. The maximum Gasteiger partial charge on any atom is 0.345 e. The van der Waals surface area contributed by atoms with E-state index in [9.17, 15) is 17.2 Å². The van der Waals surface area contributed by atoms with E-state index in [4.69, 9.17) is 4.18 Å². The van der Waals surface area contributed by atoms with E-state index in [1.165, 1.54) is 12.1 Å². The molecule has 3 aromatic rings. The van der Waals surface area contributed by atoms with Gasteiger partial charge in [-0.2, -0.15) is 8.42 Å². The lowest BCUT2D eigenvalue weighted by Crippen LogP contribution is -2.13. The van der Waals surface area contributed by atoms with Crippen molar-refractivity contribution < 1.29 is 21.4 Å². The molecule has 0 heterocycles. The summed E-state index contributed by atoms with van der Waals surface area (Å²) in [7, 11) is -4.59. The fourth-order valence-corrected chi connectivity index (χ4v) is 3.16. The lowest BCUT2D eigenvalue weighted by molar-refractivity contribution is 0.460. The third kappa shape index (κ3) is 2.65. The van der Waals surface area contributed by atoms with E-state index < -0.39 is 26.6 Å². The second-order valence-electron chi connectivity index (χ2n) is 4.60. The van der Waals surface area contributed by atoms with Gasteiger partial charge in [0, 0.05) is 0 Å². The summed E-state index contributed by atoms with van der Waals surface area (Å²) in [6, 6.07) is 14.6. The fourth-order valence-electron chi connectivity index (χ4n) is 2.11. The minimum atomic E-state index is -4.59. The third-order valence-corrected chi connectivity index (χ3v) is 4.40. The van der Waals surface area contributed by atoms with Crippen molar-refractivity contribution in [2.45, 2.75) is 4.90 Å². The van der Waals surface area contributed by atoms with E-state index in [-0.39, 0.29) is 5.75 Å². The van der Waals surface area contributed by atoms with Crippen LogP contribution in [0.3, 0.4) is 0 Å². The summed E-state index contributed by atoms with van der Waals surface area (Å²) < 4.78 is 56.2. The number of rotatable bonds is 3. The average Bonchev–Trinajstić information content (AvgIpc) is 2.46. The average molecular weight is 320 g/mol. The molecule has 0 aliphatic carbocycles. The van der Waals surface area contributed by atoms with Crippen molar-refractivity contribution in [2.75, 3.05) is 0 Å². The normalized spacial score (nSPS) is 11.5. The van der Waals surface area contributed by atoms with Gasteiger partial charge in [0.25, 0.3) is 0 Å². The molecule has 3 nitrogen and oxygen atoms in total. The van der Waals surface area contributed by atoms with Gasteiger partial charge in [0.2, 0.25) is 0 Å². The van der Waals surface area contributed by atoms with E-state index in [1.54, 1.807) is 18.2 Å². The molecule has 0 saturated heterocycles. The van der Waals surface area contributed by atoms with Crippen LogP contribution in [0, 0.1) is 11.6 Å². The Morgan fingerprint density at radius 3 is 2.09 bits per heavy atom. The Morgan fingerprint density at radius 2 is 1.41 bits per heavy atom. The number of benzene rings is 3. The van der Waals surface area contributed by atoms with Gasteiger partial charge < -0.3 is 4.18 Å². The van der Waals surface area contributed by atoms with Gasteiger partial charge in [-0.15, -0.1) is 0 Å². The van der Waals surface area contributed by atoms with Crippen LogP contribution in [0.25, 0.3) is 10.8 Å². The quantitative estimate of drug-likeness (QED) is 0.688. The highest BCUT2D eigenvalue weighted by Crippen LogP contribution is 2.26. The smallest absolute Gasteiger partial charge is 0.345 e. The summed E-state index contributed by atoms with van der Waals surface area (Å²) in [5.74, 6) is -2.40. The molecule has 22 heavy (non-hydrogen) atoms. The van der Waals surface area contributed by atoms with E-state index >= 15 is 0 Å². The van der Waals surface area contributed by atoms with Crippen LogP contribution in [0.5, 0.6) is 5.75 Å². The molecular weight excluding hydrogens is 310 g/mol. The lowest BCUT2D eigenvalue weighted by Gasteiger charge is -2.09. The molecule has 0 aliphatic rings. The summed E-state index contributed by atoms with van der Waals surface area (Å²) >= 11 is 0. The molecule has 0 amide bonds. The molecule has 112 valence electrons. The summed E-state index contributed by atoms with van der Waals surface area (Å²) in [6.07, 6.45) is 0. The van der Waals surface area contributed by atoms with Crippen LogP contribution in [0.1, 0.15) is 0 Å². The van der Waals surface area contributed by atoms with E-state index in [1.807, 2.05) is 12.1 Å². The summed E-state index contributed by atoms with van der Waals surface area (Å²) in [4.78, 5) is -1.09. The standard InChI is InChI=1S/C16H10F2O3S/c17-14-6-3-7-15(18)16(14)22(19,20)21-13-9-8-11-4-1-2-5-12(11)10-13/h1-10H. The molecular formula is C16H10F2O3S. The first-order valence-electron chi connectivity index (χ1n) is 6.35. The highest BCUT2D eigenvalue weighted by atomic mass is 32.2. The van der Waals surface area contributed by atoms with Crippen molar-refractivity contribution in [1.29, 1.82) is 0 Å². The highest BCUT2D eigenvalue weighted by Gasteiger charge is 2.26. The zero-order valence-electron chi connectivity index (χ0n) is 11.2. The van der Waals surface area contributed by atoms with E-state index in [0.717, 1.165) is 29.0 Å². The molecule has 3 rings (SSSR count). The van der Waals surface area contributed by atoms with Crippen LogP contribution >= 0.6 is 0 Å². The molecule has 3 aromatic carbocycles. The number of fused-ring (bicyclic) bond motifs is 1. The van der Waals surface area contributed by atoms with Gasteiger partial charge in [0.15, 0.2) is 4.90 Å². The molecule has 0 atom stereocenters. The van der Waals surface area contributed by atoms with Crippen LogP contribution in [-0.4, -0.2) is 8.42 Å². The van der Waals surface area contributed by atoms with Gasteiger partial charge in [0.1, 0.15) is 17.4 Å². The van der Waals surface area contributed by atoms with Crippen LogP contribution < -0.4 is 4.18 Å². The van der Waals surface area contributed by atoms with Crippen molar-refractivity contribution >= 4 is 20.9 Å². The lowest BCUT2D eigenvalue weighted by atomic mass is 10.1. The predicted molar refractivity (Wildman–Crippen MR) is 78.1 cm³/mol. The third-order valence-electron chi connectivity index (χ3n) is 3.10.